The monoisotopic (exact) mass is 332 g/mol. The highest BCUT2D eigenvalue weighted by Crippen LogP contribution is 2.19. The van der Waals surface area contributed by atoms with Crippen LogP contribution in [0.4, 0.5) is 5.69 Å². The molecule has 0 radical (unpaired) electrons. The van der Waals surface area contributed by atoms with Crippen LogP contribution < -0.4 is 5.32 Å². The number of hydrogen-bond donors (Lipinski definition) is 1. The number of aromatic nitrogens is 2. The van der Waals surface area contributed by atoms with E-state index in [9.17, 15) is 0 Å². The zero-order chi connectivity index (χ0) is 16.9. The Bertz CT molecular complexity index is 783. The van der Waals surface area contributed by atoms with E-state index in [1.807, 2.05) is 23.1 Å². The number of benzene rings is 2. The molecular weight excluding hydrogens is 308 g/mol. The van der Waals surface area contributed by atoms with Gasteiger partial charge in [0.05, 0.1) is 5.69 Å². The van der Waals surface area contributed by atoms with E-state index in [4.69, 9.17) is 0 Å². The predicted molar refractivity (Wildman–Crippen MR) is 102 cm³/mol. The summed E-state index contributed by atoms with van der Waals surface area (Å²) in [4.78, 5) is 2.55. The number of piperidine rings is 1. The summed E-state index contributed by atoms with van der Waals surface area (Å²) in [5.74, 6) is 0. The first kappa shape index (κ1) is 15.9. The zero-order valence-corrected chi connectivity index (χ0v) is 14.4. The molecule has 0 amide bonds. The molecule has 0 saturated carbocycles. The topological polar surface area (TPSA) is 33.1 Å². The highest BCUT2D eigenvalue weighted by Gasteiger charge is 2.19. The Morgan fingerprint density at radius 3 is 2.80 bits per heavy atom. The first-order valence-corrected chi connectivity index (χ1v) is 9.00. The van der Waals surface area contributed by atoms with Gasteiger partial charge >= 0.3 is 0 Å². The van der Waals surface area contributed by atoms with Crippen molar-refractivity contribution < 1.29 is 0 Å². The Hall–Kier alpha value is -2.59. The largest absolute Gasteiger partial charge is 0.381 e. The lowest BCUT2D eigenvalue weighted by Crippen LogP contribution is -2.41. The minimum Gasteiger partial charge on any atom is -0.381 e. The Labute approximate surface area is 149 Å². The van der Waals surface area contributed by atoms with Crippen molar-refractivity contribution in [1.29, 1.82) is 0 Å². The second kappa shape index (κ2) is 7.53. The standard InChI is InChI=1S/C21H24N4/c1-2-8-19(9-3-1)23-20-10-5-13-24(17-20)16-18-7-4-11-21(15-18)25-14-6-12-22-25/h1-4,6-9,11-12,14-15,20,23H,5,10,13,16-17H2/t20-/m1/s1. The number of likely N-dealkylation sites (tertiary alicyclic amines) is 1. The molecule has 128 valence electrons. The fourth-order valence-electron chi connectivity index (χ4n) is 3.56. The van der Waals surface area contributed by atoms with E-state index in [0.29, 0.717) is 6.04 Å². The van der Waals surface area contributed by atoms with E-state index < -0.39 is 0 Å². The first-order valence-electron chi connectivity index (χ1n) is 9.00. The van der Waals surface area contributed by atoms with Crippen molar-refractivity contribution >= 4 is 5.69 Å². The van der Waals surface area contributed by atoms with Crippen LogP contribution in [0.1, 0.15) is 18.4 Å². The van der Waals surface area contributed by atoms with Crippen LogP contribution in [0, 0.1) is 0 Å². The summed E-state index contributed by atoms with van der Waals surface area (Å²) in [6, 6.07) is 21.7. The van der Waals surface area contributed by atoms with Crippen molar-refractivity contribution in [3.8, 4) is 5.69 Å². The van der Waals surface area contributed by atoms with E-state index in [0.717, 1.165) is 18.8 Å². The van der Waals surface area contributed by atoms with E-state index in [-0.39, 0.29) is 0 Å². The molecular formula is C21H24N4. The van der Waals surface area contributed by atoms with Crippen LogP contribution in [0.3, 0.4) is 0 Å². The zero-order valence-electron chi connectivity index (χ0n) is 14.4. The minimum atomic E-state index is 0.519. The van der Waals surface area contributed by atoms with Gasteiger partial charge in [-0.05, 0) is 55.3 Å². The molecule has 4 nitrogen and oxygen atoms in total. The van der Waals surface area contributed by atoms with Crippen molar-refractivity contribution in [2.75, 3.05) is 18.4 Å². The van der Waals surface area contributed by atoms with Crippen molar-refractivity contribution in [2.24, 2.45) is 0 Å². The quantitative estimate of drug-likeness (QED) is 0.768. The summed E-state index contributed by atoms with van der Waals surface area (Å²) >= 11 is 0. The van der Waals surface area contributed by atoms with E-state index >= 15 is 0 Å². The van der Waals surface area contributed by atoms with Gasteiger partial charge in [0.1, 0.15) is 0 Å². The third-order valence-corrected chi connectivity index (χ3v) is 4.74. The van der Waals surface area contributed by atoms with Gasteiger partial charge in [-0.3, -0.25) is 4.90 Å². The molecule has 25 heavy (non-hydrogen) atoms. The van der Waals surface area contributed by atoms with Gasteiger partial charge in [-0.2, -0.15) is 5.10 Å². The Kier molecular flexibility index (Phi) is 4.79. The summed E-state index contributed by atoms with van der Waals surface area (Å²) in [7, 11) is 0. The van der Waals surface area contributed by atoms with Gasteiger partial charge in [-0.1, -0.05) is 30.3 Å². The molecule has 0 spiro atoms. The van der Waals surface area contributed by atoms with Gasteiger partial charge in [-0.15, -0.1) is 0 Å². The summed E-state index contributed by atoms with van der Waals surface area (Å²) in [5.41, 5.74) is 3.68. The van der Waals surface area contributed by atoms with Crippen LogP contribution in [0.25, 0.3) is 5.69 Å². The normalized spacial score (nSPS) is 18.2. The maximum atomic E-state index is 4.33. The summed E-state index contributed by atoms with van der Waals surface area (Å²) in [6.45, 7) is 3.24. The van der Waals surface area contributed by atoms with Gasteiger partial charge in [-0.25, -0.2) is 4.68 Å². The average Bonchev–Trinajstić information content (AvgIpc) is 3.18. The lowest BCUT2D eigenvalue weighted by Gasteiger charge is -2.33. The minimum absolute atomic E-state index is 0.519. The van der Waals surface area contributed by atoms with Crippen molar-refractivity contribution in [1.82, 2.24) is 14.7 Å². The van der Waals surface area contributed by atoms with Gasteiger partial charge in [0.25, 0.3) is 0 Å². The number of anilines is 1. The first-order chi connectivity index (χ1) is 12.4. The van der Waals surface area contributed by atoms with Gasteiger partial charge < -0.3 is 5.32 Å². The number of para-hydroxylation sites is 1. The van der Waals surface area contributed by atoms with Gasteiger partial charge in [0, 0.05) is 37.2 Å². The highest BCUT2D eigenvalue weighted by molar-refractivity contribution is 5.43. The molecule has 4 rings (SSSR count). The maximum absolute atomic E-state index is 4.33. The molecule has 2 heterocycles. The molecule has 0 bridgehead atoms. The molecule has 1 fully saturated rings. The molecule has 1 saturated heterocycles. The fraction of sp³-hybridized carbons (Fsp3) is 0.286. The van der Waals surface area contributed by atoms with Crippen molar-refractivity contribution in [3.05, 3.63) is 78.6 Å². The Morgan fingerprint density at radius 2 is 1.96 bits per heavy atom. The van der Waals surface area contributed by atoms with E-state index in [2.05, 4.69) is 69.9 Å². The smallest absolute Gasteiger partial charge is 0.0648 e. The molecule has 0 aliphatic carbocycles. The Balaban J connectivity index is 1.40. The molecule has 1 atom stereocenters. The molecule has 4 heteroatoms. The van der Waals surface area contributed by atoms with Crippen LogP contribution in [-0.4, -0.2) is 33.8 Å². The van der Waals surface area contributed by atoms with Crippen LogP contribution in [0.2, 0.25) is 0 Å². The summed E-state index contributed by atoms with van der Waals surface area (Å²) in [6.07, 6.45) is 6.28. The van der Waals surface area contributed by atoms with Gasteiger partial charge in [0.15, 0.2) is 0 Å². The maximum Gasteiger partial charge on any atom is 0.0648 e. The predicted octanol–water partition coefficient (Wildman–Crippen LogP) is 3.95. The SMILES string of the molecule is c1ccc(N[C@@H]2CCCN(Cc3cccc(-n4cccn4)c3)C2)cc1. The lowest BCUT2D eigenvalue weighted by atomic mass is 10.0. The summed E-state index contributed by atoms with van der Waals surface area (Å²) in [5, 5.41) is 8.00. The number of nitrogens with zero attached hydrogens (tertiary/aromatic N) is 3. The third kappa shape index (κ3) is 4.09. The number of nitrogens with one attached hydrogen (secondary N) is 1. The molecule has 1 aliphatic rings. The number of rotatable bonds is 5. The Morgan fingerprint density at radius 1 is 1.04 bits per heavy atom. The molecule has 3 aromatic rings. The van der Waals surface area contributed by atoms with Crippen molar-refractivity contribution in [3.63, 3.8) is 0 Å². The van der Waals surface area contributed by atoms with Crippen LogP contribution in [0.15, 0.2) is 73.1 Å². The number of hydrogen-bond acceptors (Lipinski definition) is 3. The van der Waals surface area contributed by atoms with Crippen LogP contribution in [0.5, 0.6) is 0 Å². The fourth-order valence-corrected chi connectivity index (χ4v) is 3.56. The summed E-state index contributed by atoms with van der Waals surface area (Å²) < 4.78 is 1.92. The van der Waals surface area contributed by atoms with Gasteiger partial charge in [0.2, 0.25) is 0 Å². The second-order valence-corrected chi connectivity index (χ2v) is 6.71. The molecule has 1 N–H and O–H groups in total. The van der Waals surface area contributed by atoms with E-state index in [1.54, 1.807) is 0 Å². The van der Waals surface area contributed by atoms with Crippen molar-refractivity contribution in [2.45, 2.75) is 25.4 Å². The van der Waals surface area contributed by atoms with Crippen LogP contribution in [-0.2, 0) is 6.54 Å². The molecule has 2 aromatic carbocycles. The van der Waals surface area contributed by atoms with E-state index in [1.165, 1.54) is 30.6 Å². The second-order valence-electron chi connectivity index (χ2n) is 6.71. The molecule has 1 aromatic heterocycles. The lowest BCUT2D eigenvalue weighted by molar-refractivity contribution is 0.208. The molecule has 1 aliphatic heterocycles. The highest BCUT2D eigenvalue weighted by atomic mass is 15.3. The van der Waals surface area contributed by atoms with Crippen LogP contribution >= 0.6 is 0 Å². The average molecular weight is 332 g/mol. The molecule has 0 unspecified atom stereocenters. The third-order valence-electron chi connectivity index (χ3n) is 4.74.